The lowest BCUT2D eigenvalue weighted by molar-refractivity contribution is -0.138. The normalized spacial score (nSPS) is 19.5. The summed E-state index contributed by atoms with van der Waals surface area (Å²) in [5.74, 6) is -0.569. The summed E-state index contributed by atoms with van der Waals surface area (Å²) in [6.45, 7) is 0.181. The molecule has 2 aliphatic carbocycles. The number of carboxylic acid groups (broad SMARTS) is 1. The maximum Gasteiger partial charge on any atom is 0.407 e. The SMILES string of the molecule is CSCC[C@H](NC(=O)OCC1c2ccccc2-c2ccccc21)C(=O)N[C@@H]1CCC[C@H]1CC(=O)O. The molecule has 2 amide bonds. The number of carboxylic acids is 1. The minimum atomic E-state index is -0.855. The summed E-state index contributed by atoms with van der Waals surface area (Å²) in [6.07, 6.45) is 4.26. The van der Waals surface area contributed by atoms with Crippen molar-refractivity contribution in [2.24, 2.45) is 5.92 Å². The van der Waals surface area contributed by atoms with Gasteiger partial charge in [0.2, 0.25) is 5.91 Å². The second-order valence-corrected chi connectivity index (χ2v) is 10.2. The highest BCUT2D eigenvalue weighted by molar-refractivity contribution is 7.98. The summed E-state index contributed by atoms with van der Waals surface area (Å²) in [5, 5.41) is 14.9. The lowest BCUT2D eigenvalue weighted by Crippen LogP contribution is -2.51. The van der Waals surface area contributed by atoms with E-state index < -0.39 is 18.1 Å². The topological polar surface area (TPSA) is 105 Å². The lowest BCUT2D eigenvalue weighted by atomic mass is 9.98. The van der Waals surface area contributed by atoms with Crippen LogP contribution < -0.4 is 10.6 Å². The Bertz CT molecular complexity index is 1030. The van der Waals surface area contributed by atoms with Gasteiger partial charge in [0, 0.05) is 12.0 Å². The molecule has 8 heteroatoms. The fourth-order valence-corrected chi connectivity index (χ4v) is 5.74. The van der Waals surface area contributed by atoms with Crippen LogP contribution in [-0.2, 0) is 14.3 Å². The van der Waals surface area contributed by atoms with Crippen molar-refractivity contribution < 1.29 is 24.2 Å². The van der Waals surface area contributed by atoms with Crippen LogP contribution in [0.1, 0.15) is 49.1 Å². The molecule has 3 N–H and O–H groups in total. The van der Waals surface area contributed by atoms with Gasteiger partial charge in [-0.05, 0) is 59.4 Å². The average Bonchev–Trinajstić information content (AvgIpc) is 3.41. The van der Waals surface area contributed by atoms with Gasteiger partial charge in [-0.1, -0.05) is 55.0 Å². The Morgan fingerprint density at radius 1 is 1.06 bits per heavy atom. The Labute approximate surface area is 210 Å². The highest BCUT2D eigenvalue weighted by Gasteiger charge is 2.33. The molecule has 0 saturated heterocycles. The van der Waals surface area contributed by atoms with Crippen molar-refractivity contribution in [1.82, 2.24) is 10.6 Å². The Kier molecular flexibility index (Phi) is 8.33. The van der Waals surface area contributed by atoms with Crippen LogP contribution in [0.25, 0.3) is 11.1 Å². The number of alkyl carbamates (subject to hydrolysis) is 1. The van der Waals surface area contributed by atoms with Crippen molar-refractivity contribution in [3.05, 3.63) is 59.7 Å². The van der Waals surface area contributed by atoms with Crippen molar-refractivity contribution in [2.75, 3.05) is 18.6 Å². The van der Waals surface area contributed by atoms with Gasteiger partial charge in [0.15, 0.2) is 0 Å². The standard InChI is InChI=1S/C27H32N2O5S/c1-35-14-13-24(26(32)28-23-12-6-7-17(23)15-25(30)31)29-27(33)34-16-22-20-10-4-2-8-18(20)19-9-3-5-11-21(19)22/h2-5,8-11,17,22-24H,6-7,12-16H2,1H3,(H,28,32)(H,29,33)(H,30,31)/t17-,23+,24-/m0/s1. The smallest absolute Gasteiger partial charge is 0.407 e. The van der Waals surface area contributed by atoms with E-state index in [2.05, 4.69) is 34.9 Å². The molecule has 0 aliphatic heterocycles. The van der Waals surface area contributed by atoms with Crippen molar-refractivity contribution in [3.63, 3.8) is 0 Å². The molecule has 1 saturated carbocycles. The van der Waals surface area contributed by atoms with Crippen LogP contribution in [0.5, 0.6) is 0 Å². The molecule has 0 radical (unpaired) electrons. The number of benzene rings is 2. The van der Waals surface area contributed by atoms with Crippen molar-refractivity contribution in [2.45, 2.75) is 50.1 Å². The predicted molar refractivity (Wildman–Crippen MR) is 137 cm³/mol. The Hall–Kier alpha value is -3.00. The summed E-state index contributed by atoms with van der Waals surface area (Å²) in [7, 11) is 0. The molecule has 35 heavy (non-hydrogen) atoms. The first kappa shape index (κ1) is 25.1. The third-order valence-corrected chi connectivity index (χ3v) is 7.63. The van der Waals surface area contributed by atoms with E-state index in [1.807, 2.05) is 30.5 Å². The minimum absolute atomic E-state index is 0.0419. The van der Waals surface area contributed by atoms with Gasteiger partial charge in [-0.15, -0.1) is 0 Å². The Balaban J connectivity index is 1.37. The van der Waals surface area contributed by atoms with Crippen molar-refractivity contribution >= 4 is 29.7 Å². The number of thioether (sulfide) groups is 1. The lowest BCUT2D eigenvalue weighted by Gasteiger charge is -2.24. The molecule has 0 spiro atoms. The van der Waals surface area contributed by atoms with Crippen LogP contribution in [0.15, 0.2) is 48.5 Å². The molecular weight excluding hydrogens is 464 g/mol. The van der Waals surface area contributed by atoms with E-state index in [4.69, 9.17) is 9.84 Å². The number of amides is 2. The highest BCUT2D eigenvalue weighted by Crippen LogP contribution is 2.44. The van der Waals surface area contributed by atoms with Crippen LogP contribution in [-0.4, -0.2) is 53.8 Å². The Morgan fingerprint density at radius 2 is 1.71 bits per heavy atom. The van der Waals surface area contributed by atoms with Gasteiger partial charge in [0.05, 0.1) is 6.42 Å². The van der Waals surface area contributed by atoms with Crippen LogP contribution in [0.4, 0.5) is 4.79 Å². The molecule has 0 bridgehead atoms. The summed E-state index contributed by atoms with van der Waals surface area (Å²) >= 11 is 1.59. The number of fused-ring (bicyclic) bond motifs is 3. The zero-order valence-electron chi connectivity index (χ0n) is 19.9. The summed E-state index contributed by atoms with van der Waals surface area (Å²) in [5.41, 5.74) is 4.57. The molecule has 1 fully saturated rings. The van der Waals surface area contributed by atoms with Gasteiger partial charge in [-0.25, -0.2) is 4.79 Å². The number of aliphatic carboxylic acids is 1. The molecule has 0 aromatic heterocycles. The molecule has 3 atom stereocenters. The van der Waals surface area contributed by atoms with Gasteiger partial charge in [-0.2, -0.15) is 11.8 Å². The van der Waals surface area contributed by atoms with E-state index >= 15 is 0 Å². The first-order valence-electron chi connectivity index (χ1n) is 12.1. The third-order valence-electron chi connectivity index (χ3n) is 6.99. The fourth-order valence-electron chi connectivity index (χ4n) is 5.27. The van der Waals surface area contributed by atoms with E-state index in [1.165, 1.54) is 0 Å². The molecule has 7 nitrogen and oxygen atoms in total. The van der Waals surface area contributed by atoms with Gasteiger partial charge in [-0.3, -0.25) is 9.59 Å². The van der Waals surface area contributed by atoms with E-state index in [0.29, 0.717) is 12.2 Å². The number of hydrogen-bond acceptors (Lipinski definition) is 5. The first-order valence-corrected chi connectivity index (χ1v) is 13.5. The zero-order chi connectivity index (χ0) is 24.8. The molecule has 186 valence electrons. The molecular formula is C27H32N2O5S. The number of rotatable bonds is 10. The van der Waals surface area contributed by atoms with Crippen LogP contribution in [0.3, 0.4) is 0 Å². The fraction of sp³-hybridized carbons (Fsp3) is 0.444. The summed E-state index contributed by atoms with van der Waals surface area (Å²) < 4.78 is 5.63. The first-order chi connectivity index (χ1) is 17.0. The maximum atomic E-state index is 13.0. The van der Waals surface area contributed by atoms with Crippen LogP contribution in [0.2, 0.25) is 0 Å². The van der Waals surface area contributed by atoms with E-state index in [1.54, 1.807) is 11.8 Å². The molecule has 0 unspecified atom stereocenters. The highest BCUT2D eigenvalue weighted by atomic mass is 32.2. The maximum absolute atomic E-state index is 13.0. The quantitative estimate of drug-likeness (QED) is 0.450. The molecule has 2 aromatic rings. The predicted octanol–water partition coefficient (Wildman–Crippen LogP) is 4.41. The third kappa shape index (κ3) is 5.99. The van der Waals surface area contributed by atoms with E-state index in [-0.39, 0.29) is 36.8 Å². The minimum Gasteiger partial charge on any atom is -0.481 e. The second kappa shape index (κ2) is 11.6. The number of hydrogen-bond donors (Lipinski definition) is 3. The van der Waals surface area contributed by atoms with Crippen LogP contribution in [0, 0.1) is 5.92 Å². The van der Waals surface area contributed by atoms with Crippen molar-refractivity contribution in [1.29, 1.82) is 0 Å². The molecule has 2 aromatic carbocycles. The summed E-state index contributed by atoms with van der Waals surface area (Å²) in [4.78, 5) is 36.9. The van der Waals surface area contributed by atoms with Gasteiger partial charge >= 0.3 is 12.1 Å². The number of ether oxygens (including phenoxy) is 1. The summed E-state index contributed by atoms with van der Waals surface area (Å²) in [6, 6.07) is 15.4. The van der Waals surface area contributed by atoms with Crippen molar-refractivity contribution in [3.8, 4) is 11.1 Å². The van der Waals surface area contributed by atoms with Gasteiger partial charge < -0.3 is 20.5 Å². The van der Waals surface area contributed by atoms with Gasteiger partial charge in [0.1, 0.15) is 12.6 Å². The molecule has 0 heterocycles. The zero-order valence-corrected chi connectivity index (χ0v) is 20.7. The number of carbonyl (C=O) groups excluding carboxylic acids is 2. The largest absolute Gasteiger partial charge is 0.481 e. The number of nitrogens with one attached hydrogen (secondary N) is 2. The Morgan fingerprint density at radius 3 is 2.34 bits per heavy atom. The average molecular weight is 497 g/mol. The van der Waals surface area contributed by atoms with E-state index in [0.717, 1.165) is 41.5 Å². The second-order valence-electron chi connectivity index (χ2n) is 9.21. The van der Waals surface area contributed by atoms with Crippen LogP contribution >= 0.6 is 11.8 Å². The van der Waals surface area contributed by atoms with Gasteiger partial charge in [0.25, 0.3) is 0 Å². The molecule has 4 rings (SSSR count). The monoisotopic (exact) mass is 496 g/mol. The molecule has 2 aliphatic rings. The van der Waals surface area contributed by atoms with E-state index in [9.17, 15) is 14.4 Å². The number of carbonyl (C=O) groups is 3.